The van der Waals surface area contributed by atoms with Crippen molar-refractivity contribution in [2.24, 2.45) is 0 Å². The molecule has 0 bridgehead atoms. The fourth-order valence-corrected chi connectivity index (χ4v) is 2.09. The van der Waals surface area contributed by atoms with Gasteiger partial charge in [-0.05, 0) is 26.0 Å². The topological polar surface area (TPSA) is 84.9 Å². The monoisotopic (exact) mass is 313 g/mol. The van der Waals surface area contributed by atoms with Crippen LogP contribution >= 0.6 is 11.8 Å². The molecule has 0 saturated carbocycles. The van der Waals surface area contributed by atoms with Crippen molar-refractivity contribution in [1.29, 1.82) is 0 Å². The van der Waals surface area contributed by atoms with Gasteiger partial charge >= 0.3 is 5.97 Å². The molecule has 1 aromatic carbocycles. The SMILES string of the molecule is CCOc1ccc(NC(=O)CSCC(=O)O)cc1OCC. The van der Waals surface area contributed by atoms with Gasteiger partial charge in [-0.25, -0.2) is 0 Å². The van der Waals surface area contributed by atoms with E-state index in [9.17, 15) is 9.59 Å². The van der Waals surface area contributed by atoms with E-state index in [1.165, 1.54) is 0 Å². The quantitative estimate of drug-likeness (QED) is 0.727. The van der Waals surface area contributed by atoms with Gasteiger partial charge in [0.05, 0.1) is 24.7 Å². The standard InChI is InChI=1S/C14H19NO5S/c1-3-19-11-6-5-10(7-12(11)20-4-2)15-13(16)8-21-9-14(17)18/h5-7H,3-4,8-9H2,1-2H3,(H,15,16)(H,17,18). The van der Waals surface area contributed by atoms with Crippen molar-refractivity contribution in [3.05, 3.63) is 18.2 Å². The molecule has 21 heavy (non-hydrogen) atoms. The molecule has 1 amide bonds. The summed E-state index contributed by atoms with van der Waals surface area (Å²) in [6, 6.07) is 5.13. The zero-order valence-corrected chi connectivity index (χ0v) is 12.9. The van der Waals surface area contributed by atoms with E-state index in [4.69, 9.17) is 14.6 Å². The number of carbonyl (C=O) groups is 2. The molecular weight excluding hydrogens is 294 g/mol. The molecule has 0 radical (unpaired) electrons. The first kappa shape index (κ1) is 17.2. The van der Waals surface area contributed by atoms with Gasteiger partial charge in [-0.2, -0.15) is 0 Å². The third-order valence-corrected chi connectivity index (χ3v) is 3.20. The fraction of sp³-hybridized carbons (Fsp3) is 0.429. The van der Waals surface area contributed by atoms with Gasteiger partial charge in [0.1, 0.15) is 0 Å². The average molecular weight is 313 g/mol. The summed E-state index contributed by atoms with van der Waals surface area (Å²) >= 11 is 1.05. The van der Waals surface area contributed by atoms with Gasteiger partial charge in [-0.15, -0.1) is 11.8 Å². The van der Waals surface area contributed by atoms with E-state index in [1.54, 1.807) is 18.2 Å². The van der Waals surface area contributed by atoms with Crippen molar-refractivity contribution in [1.82, 2.24) is 0 Å². The number of rotatable bonds is 9. The Bertz CT molecular complexity index is 492. The van der Waals surface area contributed by atoms with Crippen molar-refractivity contribution in [3.63, 3.8) is 0 Å². The van der Waals surface area contributed by atoms with E-state index in [0.717, 1.165) is 11.8 Å². The summed E-state index contributed by atoms with van der Waals surface area (Å²) in [6.45, 7) is 4.76. The lowest BCUT2D eigenvalue weighted by Crippen LogP contribution is -2.15. The van der Waals surface area contributed by atoms with Crippen LogP contribution in [0.2, 0.25) is 0 Å². The highest BCUT2D eigenvalue weighted by Gasteiger charge is 2.09. The van der Waals surface area contributed by atoms with E-state index >= 15 is 0 Å². The lowest BCUT2D eigenvalue weighted by molar-refractivity contribution is -0.133. The van der Waals surface area contributed by atoms with Crippen LogP contribution in [0.25, 0.3) is 0 Å². The van der Waals surface area contributed by atoms with E-state index in [-0.39, 0.29) is 17.4 Å². The second-order valence-corrected chi connectivity index (χ2v) is 4.95. The molecule has 7 heteroatoms. The average Bonchev–Trinajstić information content (AvgIpc) is 2.41. The van der Waals surface area contributed by atoms with Gasteiger partial charge in [0, 0.05) is 11.8 Å². The van der Waals surface area contributed by atoms with Gasteiger partial charge in [-0.1, -0.05) is 0 Å². The number of carboxylic acids is 1. The number of hydrogen-bond acceptors (Lipinski definition) is 5. The first-order chi connectivity index (χ1) is 10.1. The minimum atomic E-state index is -0.938. The van der Waals surface area contributed by atoms with E-state index in [0.29, 0.717) is 30.4 Å². The Morgan fingerprint density at radius 1 is 1.14 bits per heavy atom. The maximum Gasteiger partial charge on any atom is 0.313 e. The lowest BCUT2D eigenvalue weighted by Gasteiger charge is -2.12. The van der Waals surface area contributed by atoms with Gasteiger partial charge in [0.15, 0.2) is 11.5 Å². The van der Waals surface area contributed by atoms with Crippen LogP contribution in [0.3, 0.4) is 0 Å². The van der Waals surface area contributed by atoms with Crippen LogP contribution in [0.4, 0.5) is 5.69 Å². The Balaban J connectivity index is 2.64. The van der Waals surface area contributed by atoms with Crippen LogP contribution in [0.5, 0.6) is 11.5 Å². The zero-order chi connectivity index (χ0) is 15.7. The van der Waals surface area contributed by atoms with Crippen molar-refractivity contribution in [2.75, 3.05) is 30.0 Å². The van der Waals surface area contributed by atoms with Crippen LogP contribution in [0, 0.1) is 0 Å². The zero-order valence-electron chi connectivity index (χ0n) is 12.0. The Kier molecular flexibility index (Phi) is 7.45. The summed E-state index contributed by atoms with van der Waals surface area (Å²) < 4.78 is 10.9. The first-order valence-electron chi connectivity index (χ1n) is 6.55. The first-order valence-corrected chi connectivity index (χ1v) is 7.71. The van der Waals surface area contributed by atoms with E-state index in [2.05, 4.69) is 5.32 Å². The maximum absolute atomic E-state index is 11.7. The molecule has 0 saturated heterocycles. The van der Waals surface area contributed by atoms with Crippen molar-refractivity contribution < 1.29 is 24.2 Å². The maximum atomic E-state index is 11.7. The molecule has 0 aliphatic rings. The molecule has 0 aromatic heterocycles. The van der Waals surface area contributed by atoms with E-state index in [1.807, 2.05) is 13.8 Å². The van der Waals surface area contributed by atoms with Crippen LogP contribution in [-0.4, -0.2) is 41.7 Å². The molecule has 1 aromatic rings. The summed E-state index contributed by atoms with van der Waals surface area (Å²) in [6.07, 6.45) is 0. The Labute approximate surface area is 127 Å². The molecule has 0 spiro atoms. The smallest absolute Gasteiger partial charge is 0.313 e. The summed E-state index contributed by atoms with van der Waals surface area (Å²) in [5, 5.41) is 11.2. The third-order valence-electron chi connectivity index (χ3n) is 2.29. The molecule has 0 atom stereocenters. The van der Waals surface area contributed by atoms with Crippen LogP contribution in [0.15, 0.2) is 18.2 Å². The number of benzene rings is 1. The van der Waals surface area contributed by atoms with Gasteiger partial charge in [-0.3, -0.25) is 9.59 Å². The Morgan fingerprint density at radius 3 is 2.43 bits per heavy atom. The predicted molar refractivity (Wildman–Crippen MR) is 82.4 cm³/mol. The number of anilines is 1. The normalized spacial score (nSPS) is 10.0. The number of nitrogens with one attached hydrogen (secondary N) is 1. The molecular formula is C14H19NO5S. The Hall–Kier alpha value is -1.89. The minimum Gasteiger partial charge on any atom is -0.490 e. The molecule has 0 aliphatic carbocycles. The number of aliphatic carboxylic acids is 1. The van der Waals surface area contributed by atoms with E-state index < -0.39 is 5.97 Å². The summed E-state index contributed by atoms with van der Waals surface area (Å²) in [5.74, 6) is -0.0158. The fourth-order valence-electron chi connectivity index (χ4n) is 1.56. The third kappa shape index (κ3) is 6.40. The molecule has 1 rings (SSSR count). The number of thioether (sulfide) groups is 1. The molecule has 2 N–H and O–H groups in total. The molecule has 0 heterocycles. The van der Waals surface area contributed by atoms with Gasteiger partial charge in [0.25, 0.3) is 0 Å². The molecule has 0 unspecified atom stereocenters. The number of amides is 1. The number of carboxylic acid groups (broad SMARTS) is 1. The highest BCUT2D eigenvalue weighted by atomic mass is 32.2. The second kappa shape index (κ2) is 9.12. The molecule has 0 aliphatic heterocycles. The minimum absolute atomic E-state index is 0.0868. The number of carbonyl (C=O) groups excluding carboxylic acids is 1. The highest BCUT2D eigenvalue weighted by Crippen LogP contribution is 2.30. The van der Waals surface area contributed by atoms with Crippen LogP contribution in [-0.2, 0) is 9.59 Å². The Morgan fingerprint density at radius 2 is 1.81 bits per heavy atom. The van der Waals surface area contributed by atoms with Crippen molar-refractivity contribution in [2.45, 2.75) is 13.8 Å². The van der Waals surface area contributed by atoms with Gasteiger partial charge < -0.3 is 19.9 Å². The predicted octanol–water partition coefficient (Wildman–Crippen LogP) is 2.24. The van der Waals surface area contributed by atoms with Crippen molar-refractivity contribution >= 4 is 29.3 Å². The second-order valence-electron chi connectivity index (χ2n) is 3.96. The summed E-state index contributed by atoms with van der Waals surface area (Å²) in [5.41, 5.74) is 0.586. The molecule has 6 nitrogen and oxygen atoms in total. The van der Waals surface area contributed by atoms with Gasteiger partial charge in [0.2, 0.25) is 5.91 Å². The number of hydrogen-bond donors (Lipinski definition) is 2. The lowest BCUT2D eigenvalue weighted by atomic mass is 10.2. The largest absolute Gasteiger partial charge is 0.490 e. The summed E-state index contributed by atoms with van der Waals surface area (Å²) in [4.78, 5) is 22.0. The van der Waals surface area contributed by atoms with Crippen molar-refractivity contribution in [3.8, 4) is 11.5 Å². The van der Waals surface area contributed by atoms with Crippen LogP contribution < -0.4 is 14.8 Å². The van der Waals surface area contributed by atoms with Crippen LogP contribution in [0.1, 0.15) is 13.8 Å². The highest BCUT2D eigenvalue weighted by molar-refractivity contribution is 8.00. The molecule has 116 valence electrons. The number of ether oxygens (including phenoxy) is 2. The molecule has 0 fully saturated rings. The summed E-state index contributed by atoms with van der Waals surface area (Å²) in [7, 11) is 0.